The van der Waals surface area contributed by atoms with Crippen LogP contribution < -0.4 is 4.74 Å². The largest absolute Gasteiger partial charge is 0.508 e. The maximum atomic E-state index is 9.38. The van der Waals surface area contributed by atoms with Gasteiger partial charge in [-0.1, -0.05) is 46.3 Å². The highest BCUT2D eigenvalue weighted by Gasteiger charge is 2.04. The van der Waals surface area contributed by atoms with Crippen molar-refractivity contribution in [3.05, 3.63) is 59.7 Å². The van der Waals surface area contributed by atoms with E-state index in [-0.39, 0.29) is 5.75 Å². The van der Waals surface area contributed by atoms with Crippen LogP contribution in [0.1, 0.15) is 11.1 Å². The Hall–Kier alpha value is -1.48. The molecule has 0 amide bonds. The summed E-state index contributed by atoms with van der Waals surface area (Å²) in [5.41, 5.74) is 2.07. The van der Waals surface area contributed by atoms with Crippen LogP contribution in [0.15, 0.2) is 48.5 Å². The molecule has 0 atom stereocenters. The third-order valence-electron chi connectivity index (χ3n) is 2.43. The predicted molar refractivity (Wildman–Crippen MR) is 71.5 cm³/mol. The first-order chi connectivity index (χ1) is 8.29. The number of aromatic hydroxyl groups is 1. The molecule has 2 aromatic carbocycles. The van der Waals surface area contributed by atoms with Crippen molar-refractivity contribution >= 4 is 15.9 Å². The summed E-state index contributed by atoms with van der Waals surface area (Å²) in [6.07, 6.45) is 0. The van der Waals surface area contributed by atoms with Crippen molar-refractivity contribution < 1.29 is 9.84 Å². The van der Waals surface area contributed by atoms with Gasteiger partial charge in [-0.15, -0.1) is 0 Å². The van der Waals surface area contributed by atoms with Gasteiger partial charge in [-0.25, -0.2) is 0 Å². The summed E-state index contributed by atoms with van der Waals surface area (Å²) >= 11 is 3.38. The number of phenolic OH excluding ortho intramolecular Hbond substituents is 1. The van der Waals surface area contributed by atoms with E-state index >= 15 is 0 Å². The van der Waals surface area contributed by atoms with E-state index in [1.807, 2.05) is 30.3 Å². The van der Waals surface area contributed by atoms with Crippen molar-refractivity contribution in [2.24, 2.45) is 0 Å². The SMILES string of the molecule is Oc1ccc(OCc2ccccc2)c(CBr)c1. The van der Waals surface area contributed by atoms with E-state index < -0.39 is 0 Å². The quantitative estimate of drug-likeness (QED) is 0.867. The smallest absolute Gasteiger partial charge is 0.124 e. The number of ether oxygens (including phenoxy) is 1. The highest BCUT2D eigenvalue weighted by atomic mass is 79.9. The van der Waals surface area contributed by atoms with Gasteiger partial charge in [0.05, 0.1) is 0 Å². The first kappa shape index (κ1) is 12.0. The van der Waals surface area contributed by atoms with Crippen molar-refractivity contribution in [1.29, 1.82) is 0 Å². The number of halogens is 1. The van der Waals surface area contributed by atoms with Gasteiger partial charge in [0.25, 0.3) is 0 Å². The van der Waals surface area contributed by atoms with Gasteiger partial charge in [0.2, 0.25) is 0 Å². The second kappa shape index (κ2) is 5.73. The van der Waals surface area contributed by atoms with Gasteiger partial charge in [0, 0.05) is 10.9 Å². The summed E-state index contributed by atoms with van der Waals surface area (Å²) in [6, 6.07) is 15.1. The molecular formula is C14H13BrO2. The molecule has 0 spiro atoms. The first-order valence-corrected chi connectivity index (χ1v) is 6.46. The van der Waals surface area contributed by atoms with Crippen LogP contribution in [0, 0.1) is 0 Å². The fraction of sp³-hybridized carbons (Fsp3) is 0.143. The molecule has 3 heteroatoms. The fourth-order valence-corrected chi connectivity index (χ4v) is 1.98. The molecule has 0 aliphatic carbocycles. The topological polar surface area (TPSA) is 29.5 Å². The molecule has 0 unspecified atom stereocenters. The number of hydrogen-bond donors (Lipinski definition) is 1. The summed E-state index contributed by atoms with van der Waals surface area (Å²) in [4.78, 5) is 0. The fourth-order valence-electron chi connectivity index (χ4n) is 1.55. The van der Waals surface area contributed by atoms with E-state index in [1.54, 1.807) is 18.2 Å². The van der Waals surface area contributed by atoms with E-state index in [0.29, 0.717) is 11.9 Å². The van der Waals surface area contributed by atoms with Crippen LogP contribution in [-0.2, 0) is 11.9 Å². The number of phenols is 1. The Kier molecular flexibility index (Phi) is 4.04. The van der Waals surface area contributed by atoms with Crippen molar-refractivity contribution in [2.75, 3.05) is 0 Å². The van der Waals surface area contributed by atoms with Crippen molar-refractivity contribution in [3.63, 3.8) is 0 Å². The van der Waals surface area contributed by atoms with Gasteiger partial charge in [-0.2, -0.15) is 0 Å². The van der Waals surface area contributed by atoms with E-state index in [0.717, 1.165) is 16.9 Å². The second-order valence-corrected chi connectivity index (χ2v) is 4.26. The Morgan fingerprint density at radius 1 is 1.06 bits per heavy atom. The first-order valence-electron chi connectivity index (χ1n) is 5.34. The zero-order valence-corrected chi connectivity index (χ0v) is 10.9. The number of hydrogen-bond acceptors (Lipinski definition) is 2. The molecule has 2 nitrogen and oxygen atoms in total. The van der Waals surface area contributed by atoms with Crippen molar-refractivity contribution in [2.45, 2.75) is 11.9 Å². The Labute approximate surface area is 109 Å². The van der Waals surface area contributed by atoms with Crippen LogP contribution in [0.5, 0.6) is 11.5 Å². The van der Waals surface area contributed by atoms with Gasteiger partial charge in [0.15, 0.2) is 0 Å². The van der Waals surface area contributed by atoms with Gasteiger partial charge < -0.3 is 9.84 Å². The van der Waals surface area contributed by atoms with E-state index in [1.165, 1.54) is 0 Å². The summed E-state index contributed by atoms with van der Waals surface area (Å²) in [6.45, 7) is 0.533. The van der Waals surface area contributed by atoms with Crippen molar-refractivity contribution in [1.82, 2.24) is 0 Å². The van der Waals surface area contributed by atoms with Crippen LogP contribution >= 0.6 is 15.9 Å². The third kappa shape index (κ3) is 3.24. The standard InChI is InChI=1S/C14H13BrO2/c15-9-12-8-13(16)6-7-14(12)17-10-11-4-2-1-3-5-11/h1-8,16H,9-10H2. The molecule has 0 bridgehead atoms. The van der Waals surface area contributed by atoms with Crippen LogP contribution in [0.2, 0.25) is 0 Å². The molecule has 0 radical (unpaired) electrons. The molecular weight excluding hydrogens is 280 g/mol. The molecule has 0 fully saturated rings. The average Bonchev–Trinajstić information content (AvgIpc) is 2.38. The molecule has 2 rings (SSSR count). The monoisotopic (exact) mass is 292 g/mol. The zero-order valence-electron chi connectivity index (χ0n) is 9.27. The molecule has 17 heavy (non-hydrogen) atoms. The summed E-state index contributed by atoms with van der Waals surface area (Å²) in [5, 5.41) is 10.0. The number of alkyl halides is 1. The maximum absolute atomic E-state index is 9.38. The number of benzene rings is 2. The normalized spacial score (nSPS) is 10.2. The average molecular weight is 293 g/mol. The van der Waals surface area contributed by atoms with E-state index in [2.05, 4.69) is 15.9 Å². The molecule has 0 aromatic heterocycles. The molecule has 0 aliphatic heterocycles. The molecule has 0 aliphatic rings. The zero-order chi connectivity index (χ0) is 12.1. The summed E-state index contributed by atoms with van der Waals surface area (Å²) in [7, 11) is 0. The second-order valence-electron chi connectivity index (χ2n) is 3.70. The minimum absolute atomic E-state index is 0.256. The predicted octanol–water partition coefficient (Wildman–Crippen LogP) is 3.87. The molecule has 2 aromatic rings. The molecule has 88 valence electrons. The third-order valence-corrected chi connectivity index (χ3v) is 3.03. The Morgan fingerprint density at radius 3 is 2.53 bits per heavy atom. The Balaban J connectivity index is 2.09. The van der Waals surface area contributed by atoms with Gasteiger partial charge in [-0.3, -0.25) is 0 Å². The van der Waals surface area contributed by atoms with Crippen LogP contribution in [-0.4, -0.2) is 5.11 Å². The van der Waals surface area contributed by atoms with Gasteiger partial charge in [0.1, 0.15) is 18.1 Å². The van der Waals surface area contributed by atoms with Crippen LogP contribution in [0.25, 0.3) is 0 Å². The molecule has 0 saturated carbocycles. The van der Waals surface area contributed by atoms with Crippen LogP contribution in [0.4, 0.5) is 0 Å². The Morgan fingerprint density at radius 2 is 1.82 bits per heavy atom. The van der Waals surface area contributed by atoms with E-state index in [9.17, 15) is 5.11 Å². The van der Waals surface area contributed by atoms with Crippen molar-refractivity contribution in [3.8, 4) is 11.5 Å². The number of rotatable bonds is 4. The minimum Gasteiger partial charge on any atom is -0.508 e. The van der Waals surface area contributed by atoms with Gasteiger partial charge in [-0.05, 0) is 23.8 Å². The van der Waals surface area contributed by atoms with Crippen LogP contribution in [0.3, 0.4) is 0 Å². The lowest BCUT2D eigenvalue weighted by Gasteiger charge is -2.10. The minimum atomic E-state index is 0.256. The molecule has 1 N–H and O–H groups in total. The van der Waals surface area contributed by atoms with E-state index in [4.69, 9.17) is 4.74 Å². The lowest BCUT2D eigenvalue weighted by atomic mass is 10.2. The molecule has 0 saturated heterocycles. The lowest BCUT2D eigenvalue weighted by molar-refractivity contribution is 0.303. The highest BCUT2D eigenvalue weighted by molar-refractivity contribution is 9.08. The molecule has 0 heterocycles. The summed E-state index contributed by atoms with van der Waals surface area (Å²) in [5.74, 6) is 1.05. The van der Waals surface area contributed by atoms with Gasteiger partial charge >= 0.3 is 0 Å². The Bertz CT molecular complexity index is 483. The maximum Gasteiger partial charge on any atom is 0.124 e. The summed E-state index contributed by atoms with van der Waals surface area (Å²) < 4.78 is 5.73. The highest BCUT2D eigenvalue weighted by Crippen LogP contribution is 2.26. The lowest BCUT2D eigenvalue weighted by Crippen LogP contribution is -1.97.